The number of amides is 5. The Morgan fingerprint density at radius 2 is 1.74 bits per heavy atom. The van der Waals surface area contributed by atoms with Crippen LogP contribution < -0.4 is 21.1 Å². The molecule has 2 aromatic rings. The largest absolute Gasteiger partial charge is 0.337 e. The highest BCUT2D eigenvalue weighted by Gasteiger charge is 2.44. The van der Waals surface area contributed by atoms with Gasteiger partial charge in [0.1, 0.15) is 0 Å². The molecule has 0 spiro atoms. The van der Waals surface area contributed by atoms with Crippen LogP contribution in [-0.2, 0) is 14.4 Å². The molecule has 0 aliphatic carbocycles. The molecule has 2 aliphatic rings. The molecular formula is C24H25Cl2N5O4. The van der Waals surface area contributed by atoms with E-state index in [9.17, 15) is 19.2 Å². The van der Waals surface area contributed by atoms with Crippen molar-refractivity contribution in [1.82, 2.24) is 15.8 Å². The summed E-state index contributed by atoms with van der Waals surface area (Å²) in [6, 6.07) is 10.6. The summed E-state index contributed by atoms with van der Waals surface area (Å²) in [5.41, 5.74) is 6.75. The van der Waals surface area contributed by atoms with Gasteiger partial charge in [-0.25, -0.2) is 15.1 Å². The molecule has 2 heterocycles. The van der Waals surface area contributed by atoms with Gasteiger partial charge in [0, 0.05) is 12.2 Å². The van der Waals surface area contributed by atoms with Gasteiger partial charge in [-0.3, -0.25) is 24.7 Å². The van der Waals surface area contributed by atoms with E-state index < -0.39 is 18.0 Å². The Bertz CT molecular complexity index is 1160. The number of rotatable bonds is 4. The Labute approximate surface area is 212 Å². The van der Waals surface area contributed by atoms with E-state index in [0.717, 1.165) is 5.56 Å². The number of carbonyl (C=O) groups is 4. The number of carbonyl (C=O) groups excluding carboxylic acids is 4. The second-order valence-electron chi connectivity index (χ2n) is 8.65. The van der Waals surface area contributed by atoms with Crippen molar-refractivity contribution in [2.75, 3.05) is 23.3 Å². The van der Waals surface area contributed by atoms with Crippen molar-refractivity contribution >= 4 is 58.3 Å². The molecule has 2 saturated heterocycles. The topological polar surface area (TPSA) is 111 Å². The van der Waals surface area contributed by atoms with Crippen LogP contribution in [0.4, 0.5) is 16.2 Å². The Kier molecular flexibility index (Phi) is 7.59. The third-order valence-electron chi connectivity index (χ3n) is 6.16. The molecule has 2 aliphatic heterocycles. The lowest BCUT2D eigenvalue weighted by Crippen LogP contribution is -2.52. The number of aryl methyl sites for hydroxylation is 1. The molecule has 2 fully saturated rings. The molecule has 0 unspecified atom stereocenters. The fraction of sp³-hybridized carbons (Fsp3) is 0.333. The van der Waals surface area contributed by atoms with Crippen molar-refractivity contribution in [1.29, 1.82) is 0 Å². The molecule has 5 amide bonds. The predicted molar refractivity (Wildman–Crippen MR) is 133 cm³/mol. The first-order valence-corrected chi connectivity index (χ1v) is 12.0. The average Bonchev–Trinajstić information content (AvgIpc) is 3.14. The molecule has 0 bridgehead atoms. The van der Waals surface area contributed by atoms with Crippen LogP contribution in [0, 0.1) is 12.8 Å². The van der Waals surface area contributed by atoms with E-state index in [1.54, 1.807) is 24.3 Å². The zero-order valence-electron chi connectivity index (χ0n) is 19.0. The number of imide groups is 1. The fourth-order valence-electron chi connectivity index (χ4n) is 4.33. The summed E-state index contributed by atoms with van der Waals surface area (Å²) in [5.74, 6) is -1.34. The first kappa shape index (κ1) is 25.0. The second-order valence-corrected chi connectivity index (χ2v) is 9.47. The Hall–Kier alpha value is -3.14. The normalized spacial score (nSPS) is 20.6. The lowest BCUT2D eigenvalue weighted by atomic mass is 9.95. The first-order chi connectivity index (χ1) is 16.7. The summed E-state index contributed by atoms with van der Waals surface area (Å²) < 4.78 is 0. The minimum Gasteiger partial charge on any atom is -0.307 e. The maximum atomic E-state index is 13.1. The molecule has 3 N–H and O–H groups in total. The maximum Gasteiger partial charge on any atom is 0.337 e. The van der Waals surface area contributed by atoms with Crippen LogP contribution in [-0.4, -0.2) is 47.8 Å². The van der Waals surface area contributed by atoms with Crippen molar-refractivity contribution in [3.8, 4) is 0 Å². The van der Waals surface area contributed by atoms with Crippen LogP contribution in [0.25, 0.3) is 0 Å². The van der Waals surface area contributed by atoms with E-state index in [2.05, 4.69) is 16.2 Å². The Balaban J connectivity index is 1.32. The van der Waals surface area contributed by atoms with Gasteiger partial charge in [-0.1, -0.05) is 40.9 Å². The SMILES string of the molecule is Cc1ccc(N2C(=O)C[C@@H](N3CCC[C@@H](C(=O)NNC(=O)Nc4ccc(Cl)c(Cl)c4)C3)C2=O)cc1. The number of urea groups is 1. The Morgan fingerprint density at radius 3 is 2.46 bits per heavy atom. The summed E-state index contributed by atoms with van der Waals surface area (Å²) in [6.07, 6.45) is 1.37. The number of nitrogens with one attached hydrogen (secondary N) is 3. The van der Waals surface area contributed by atoms with Crippen LogP contribution in [0.1, 0.15) is 24.8 Å². The van der Waals surface area contributed by atoms with Crippen LogP contribution in [0.5, 0.6) is 0 Å². The summed E-state index contributed by atoms with van der Waals surface area (Å²) in [6.45, 7) is 2.86. The minimum atomic E-state index is -0.644. The number of anilines is 2. The molecule has 9 nitrogen and oxygen atoms in total. The number of nitrogens with zero attached hydrogens (tertiary/aromatic N) is 2. The van der Waals surface area contributed by atoms with Gasteiger partial charge in [-0.2, -0.15) is 0 Å². The second kappa shape index (κ2) is 10.6. The summed E-state index contributed by atoms with van der Waals surface area (Å²) >= 11 is 11.8. The van der Waals surface area contributed by atoms with Gasteiger partial charge in [0.2, 0.25) is 11.8 Å². The number of likely N-dealkylation sites (tertiary alicyclic amines) is 1. The molecule has 0 radical (unpaired) electrons. The number of hydrazine groups is 1. The third kappa shape index (κ3) is 5.75. The smallest absolute Gasteiger partial charge is 0.307 e. The molecule has 2 atom stereocenters. The Morgan fingerprint density at radius 1 is 1.00 bits per heavy atom. The number of halogens is 2. The molecule has 11 heteroatoms. The highest BCUT2D eigenvalue weighted by atomic mass is 35.5. The van der Waals surface area contributed by atoms with E-state index in [-0.39, 0.29) is 29.2 Å². The molecule has 2 aromatic carbocycles. The molecule has 35 heavy (non-hydrogen) atoms. The van der Waals surface area contributed by atoms with Crippen LogP contribution in [0.15, 0.2) is 42.5 Å². The summed E-state index contributed by atoms with van der Waals surface area (Å²) in [5, 5.41) is 3.20. The maximum absolute atomic E-state index is 13.1. The highest BCUT2D eigenvalue weighted by molar-refractivity contribution is 6.42. The summed E-state index contributed by atoms with van der Waals surface area (Å²) in [4.78, 5) is 53.7. The van der Waals surface area contributed by atoms with Gasteiger partial charge in [0.05, 0.1) is 34.1 Å². The van der Waals surface area contributed by atoms with Gasteiger partial charge in [0.15, 0.2) is 0 Å². The van der Waals surface area contributed by atoms with E-state index >= 15 is 0 Å². The lowest BCUT2D eigenvalue weighted by molar-refractivity contribution is -0.130. The van der Waals surface area contributed by atoms with Gasteiger partial charge >= 0.3 is 6.03 Å². The fourth-order valence-corrected chi connectivity index (χ4v) is 4.62. The number of piperidine rings is 1. The van der Waals surface area contributed by atoms with Gasteiger partial charge in [-0.15, -0.1) is 0 Å². The van der Waals surface area contributed by atoms with Crippen LogP contribution >= 0.6 is 23.2 Å². The number of hydrogen-bond donors (Lipinski definition) is 3. The molecule has 0 aromatic heterocycles. The molecule has 184 valence electrons. The van der Waals surface area contributed by atoms with E-state index in [1.165, 1.54) is 11.0 Å². The third-order valence-corrected chi connectivity index (χ3v) is 6.90. The van der Waals surface area contributed by atoms with E-state index in [1.807, 2.05) is 24.0 Å². The minimum absolute atomic E-state index is 0.0748. The van der Waals surface area contributed by atoms with Crippen LogP contribution in [0.2, 0.25) is 10.0 Å². The first-order valence-electron chi connectivity index (χ1n) is 11.2. The quantitative estimate of drug-likeness (QED) is 0.424. The van der Waals surface area contributed by atoms with E-state index in [0.29, 0.717) is 42.3 Å². The molecule has 4 rings (SSSR count). The van der Waals surface area contributed by atoms with Gasteiger partial charge in [-0.05, 0) is 56.6 Å². The number of hydrogen-bond acceptors (Lipinski definition) is 5. The van der Waals surface area contributed by atoms with Crippen molar-refractivity contribution in [2.45, 2.75) is 32.2 Å². The standard InChI is InChI=1S/C24H25Cl2N5O4/c1-14-4-7-17(8-5-14)31-21(32)12-20(23(31)34)30-10-2-3-15(13-30)22(33)28-29-24(35)27-16-6-9-18(25)19(26)11-16/h4-9,11,15,20H,2-3,10,12-13H2,1H3,(H,28,33)(H2,27,29,35)/t15-,20-/m1/s1. The molecular weight excluding hydrogens is 493 g/mol. The zero-order valence-corrected chi connectivity index (χ0v) is 20.5. The zero-order chi connectivity index (χ0) is 25.1. The average molecular weight is 518 g/mol. The van der Waals surface area contributed by atoms with Gasteiger partial charge < -0.3 is 5.32 Å². The number of benzene rings is 2. The van der Waals surface area contributed by atoms with Crippen LogP contribution in [0.3, 0.4) is 0 Å². The van der Waals surface area contributed by atoms with E-state index in [4.69, 9.17) is 23.2 Å². The lowest BCUT2D eigenvalue weighted by Gasteiger charge is -2.34. The van der Waals surface area contributed by atoms with Crippen molar-refractivity contribution < 1.29 is 19.2 Å². The van der Waals surface area contributed by atoms with Crippen molar-refractivity contribution in [2.24, 2.45) is 5.92 Å². The molecule has 0 saturated carbocycles. The van der Waals surface area contributed by atoms with Crippen molar-refractivity contribution in [3.63, 3.8) is 0 Å². The van der Waals surface area contributed by atoms with Gasteiger partial charge in [0.25, 0.3) is 5.91 Å². The highest BCUT2D eigenvalue weighted by Crippen LogP contribution is 2.29. The predicted octanol–water partition coefficient (Wildman–Crippen LogP) is 3.50. The van der Waals surface area contributed by atoms with Crippen molar-refractivity contribution in [3.05, 3.63) is 58.1 Å². The monoisotopic (exact) mass is 517 g/mol. The summed E-state index contributed by atoms with van der Waals surface area (Å²) in [7, 11) is 0.